The van der Waals surface area contributed by atoms with E-state index in [-0.39, 0.29) is 0 Å². The number of hydrogen-bond donors (Lipinski definition) is 0. The topological polar surface area (TPSA) is 0 Å². The second-order valence-corrected chi connectivity index (χ2v) is 6.31. The average molecular weight is 270 g/mol. The van der Waals surface area contributed by atoms with E-state index in [2.05, 4.69) is 50.3 Å². The molecule has 0 heterocycles. The van der Waals surface area contributed by atoms with Gasteiger partial charge in [-0.05, 0) is 62.3 Å². The Labute approximate surface area is 125 Å². The Morgan fingerprint density at radius 3 is 2.55 bits per heavy atom. The monoisotopic (exact) mass is 270 g/mol. The van der Waals surface area contributed by atoms with Gasteiger partial charge in [-0.1, -0.05) is 62.2 Å². The Kier molecular flexibility index (Phi) is 6.36. The molecule has 1 aliphatic carbocycles. The van der Waals surface area contributed by atoms with Gasteiger partial charge < -0.3 is 0 Å². The molecule has 20 heavy (non-hydrogen) atoms. The lowest BCUT2D eigenvalue weighted by Gasteiger charge is -2.26. The molecule has 0 amide bonds. The van der Waals surface area contributed by atoms with Gasteiger partial charge in [0, 0.05) is 0 Å². The minimum Gasteiger partial charge on any atom is -0.0848 e. The van der Waals surface area contributed by atoms with Crippen molar-refractivity contribution in [3.63, 3.8) is 0 Å². The van der Waals surface area contributed by atoms with Crippen LogP contribution in [0.15, 0.2) is 42.0 Å². The van der Waals surface area contributed by atoms with Crippen LogP contribution in [0.25, 0.3) is 0 Å². The highest BCUT2D eigenvalue weighted by molar-refractivity contribution is 5.15. The first-order valence-electron chi connectivity index (χ1n) is 8.56. The Bertz CT molecular complexity index is 401. The van der Waals surface area contributed by atoms with Crippen LogP contribution in [0.4, 0.5) is 0 Å². The highest BCUT2D eigenvalue weighted by Gasteiger charge is 2.18. The second-order valence-electron chi connectivity index (χ2n) is 6.31. The van der Waals surface area contributed by atoms with Crippen molar-refractivity contribution in [3.8, 4) is 0 Å². The van der Waals surface area contributed by atoms with Crippen molar-refractivity contribution in [2.45, 2.75) is 65.2 Å². The Morgan fingerprint density at radius 1 is 1.15 bits per heavy atom. The molecular weight excluding hydrogens is 240 g/mol. The van der Waals surface area contributed by atoms with Gasteiger partial charge in [0.2, 0.25) is 0 Å². The standard InChI is InChI=1S/C20H30/c1-3-17-13-15-20(16-14-17)19(4-2)12-8-11-18-9-6-5-7-10-18/h5-7,9-10,15,17,19H,3-4,8,11-14,16H2,1-2H3. The molecule has 0 fully saturated rings. The summed E-state index contributed by atoms with van der Waals surface area (Å²) in [5.41, 5.74) is 3.26. The Hall–Kier alpha value is -1.04. The molecule has 0 radical (unpaired) electrons. The average Bonchev–Trinajstić information content (AvgIpc) is 2.53. The van der Waals surface area contributed by atoms with E-state index in [9.17, 15) is 0 Å². The van der Waals surface area contributed by atoms with Gasteiger partial charge in [0.15, 0.2) is 0 Å². The Balaban J connectivity index is 1.79. The first-order chi connectivity index (χ1) is 9.83. The zero-order valence-corrected chi connectivity index (χ0v) is 13.3. The van der Waals surface area contributed by atoms with Crippen LogP contribution in [0, 0.1) is 11.8 Å². The van der Waals surface area contributed by atoms with Gasteiger partial charge >= 0.3 is 0 Å². The molecule has 0 heteroatoms. The molecule has 0 nitrogen and oxygen atoms in total. The maximum Gasteiger partial charge on any atom is -0.0206 e. The fraction of sp³-hybridized carbons (Fsp3) is 0.600. The van der Waals surface area contributed by atoms with Gasteiger partial charge in [-0.25, -0.2) is 0 Å². The summed E-state index contributed by atoms with van der Waals surface area (Å²) in [6.07, 6.45) is 13.3. The lowest BCUT2D eigenvalue weighted by atomic mass is 9.80. The summed E-state index contributed by atoms with van der Waals surface area (Å²) in [7, 11) is 0. The number of aryl methyl sites for hydroxylation is 1. The van der Waals surface area contributed by atoms with Crippen molar-refractivity contribution < 1.29 is 0 Å². The maximum atomic E-state index is 2.58. The van der Waals surface area contributed by atoms with Crippen LogP contribution in [0.1, 0.15) is 64.4 Å². The van der Waals surface area contributed by atoms with Gasteiger partial charge in [-0.2, -0.15) is 0 Å². The molecule has 0 aliphatic heterocycles. The molecule has 0 aromatic heterocycles. The normalized spacial score (nSPS) is 20.5. The van der Waals surface area contributed by atoms with Crippen LogP contribution in [0.5, 0.6) is 0 Å². The largest absolute Gasteiger partial charge is 0.0848 e. The summed E-state index contributed by atoms with van der Waals surface area (Å²) in [5, 5.41) is 0. The molecule has 0 saturated carbocycles. The molecule has 110 valence electrons. The molecule has 0 bridgehead atoms. The van der Waals surface area contributed by atoms with E-state index in [1.807, 2.05) is 0 Å². The van der Waals surface area contributed by atoms with Crippen molar-refractivity contribution >= 4 is 0 Å². The third kappa shape index (κ3) is 4.51. The molecule has 2 atom stereocenters. The fourth-order valence-electron chi connectivity index (χ4n) is 3.50. The zero-order valence-electron chi connectivity index (χ0n) is 13.3. The van der Waals surface area contributed by atoms with Gasteiger partial charge in [-0.3, -0.25) is 0 Å². The van der Waals surface area contributed by atoms with Crippen molar-refractivity contribution in [3.05, 3.63) is 47.5 Å². The maximum absolute atomic E-state index is 2.58. The third-order valence-electron chi connectivity index (χ3n) is 5.01. The van der Waals surface area contributed by atoms with Crippen LogP contribution >= 0.6 is 0 Å². The molecule has 0 spiro atoms. The van der Waals surface area contributed by atoms with E-state index < -0.39 is 0 Å². The lowest BCUT2D eigenvalue weighted by Crippen LogP contribution is -2.11. The van der Waals surface area contributed by atoms with E-state index in [1.165, 1.54) is 56.9 Å². The smallest absolute Gasteiger partial charge is 0.0206 e. The zero-order chi connectivity index (χ0) is 14.2. The molecule has 1 aliphatic rings. The van der Waals surface area contributed by atoms with Crippen LogP contribution in [-0.4, -0.2) is 0 Å². The number of allylic oxidation sites excluding steroid dienone is 2. The molecule has 0 N–H and O–H groups in total. The van der Waals surface area contributed by atoms with Crippen LogP contribution < -0.4 is 0 Å². The molecule has 1 aromatic rings. The molecule has 2 rings (SSSR count). The minimum absolute atomic E-state index is 0.844. The quantitative estimate of drug-likeness (QED) is 0.519. The van der Waals surface area contributed by atoms with E-state index >= 15 is 0 Å². The van der Waals surface area contributed by atoms with Gasteiger partial charge in [0.1, 0.15) is 0 Å². The number of rotatable bonds is 7. The van der Waals surface area contributed by atoms with Crippen LogP contribution in [-0.2, 0) is 6.42 Å². The SMILES string of the molecule is CCC1CC=C(C(CC)CCCc2ccccc2)CC1. The first-order valence-corrected chi connectivity index (χ1v) is 8.56. The first kappa shape index (κ1) is 15.4. The molecular formula is C20H30. The summed E-state index contributed by atoms with van der Waals surface area (Å²) in [6, 6.07) is 10.9. The van der Waals surface area contributed by atoms with Crippen molar-refractivity contribution in [2.24, 2.45) is 11.8 Å². The summed E-state index contributed by atoms with van der Waals surface area (Å²) in [4.78, 5) is 0. The highest BCUT2D eigenvalue weighted by Crippen LogP contribution is 2.33. The summed E-state index contributed by atoms with van der Waals surface area (Å²) < 4.78 is 0. The van der Waals surface area contributed by atoms with Gasteiger partial charge in [0.25, 0.3) is 0 Å². The molecule has 2 unspecified atom stereocenters. The van der Waals surface area contributed by atoms with Crippen LogP contribution in [0.2, 0.25) is 0 Å². The summed E-state index contributed by atoms with van der Waals surface area (Å²) in [6.45, 7) is 4.70. The van der Waals surface area contributed by atoms with E-state index in [0.29, 0.717) is 0 Å². The van der Waals surface area contributed by atoms with Crippen molar-refractivity contribution in [2.75, 3.05) is 0 Å². The fourth-order valence-corrected chi connectivity index (χ4v) is 3.50. The molecule has 0 saturated heterocycles. The lowest BCUT2D eigenvalue weighted by molar-refractivity contribution is 0.414. The van der Waals surface area contributed by atoms with E-state index in [0.717, 1.165) is 11.8 Å². The number of benzene rings is 1. The second kappa shape index (κ2) is 8.29. The number of hydrogen-bond acceptors (Lipinski definition) is 0. The van der Waals surface area contributed by atoms with E-state index in [1.54, 1.807) is 5.57 Å². The summed E-state index contributed by atoms with van der Waals surface area (Å²) in [5.74, 6) is 1.80. The van der Waals surface area contributed by atoms with Crippen LogP contribution in [0.3, 0.4) is 0 Å². The van der Waals surface area contributed by atoms with E-state index in [4.69, 9.17) is 0 Å². The van der Waals surface area contributed by atoms with Crippen molar-refractivity contribution in [1.29, 1.82) is 0 Å². The predicted octanol–water partition coefficient (Wildman–Crippen LogP) is 6.17. The highest BCUT2D eigenvalue weighted by atomic mass is 14.2. The van der Waals surface area contributed by atoms with Crippen molar-refractivity contribution in [1.82, 2.24) is 0 Å². The Morgan fingerprint density at radius 2 is 1.95 bits per heavy atom. The third-order valence-corrected chi connectivity index (χ3v) is 5.01. The van der Waals surface area contributed by atoms with Gasteiger partial charge in [0.05, 0.1) is 0 Å². The summed E-state index contributed by atoms with van der Waals surface area (Å²) >= 11 is 0. The minimum atomic E-state index is 0.844. The molecule has 1 aromatic carbocycles. The predicted molar refractivity (Wildman–Crippen MR) is 88.9 cm³/mol. The van der Waals surface area contributed by atoms with Gasteiger partial charge in [-0.15, -0.1) is 0 Å².